The van der Waals surface area contributed by atoms with Gasteiger partial charge in [-0.3, -0.25) is 9.59 Å². The maximum atomic E-state index is 12.5. The van der Waals surface area contributed by atoms with Gasteiger partial charge in [0.2, 0.25) is 0 Å². The van der Waals surface area contributed by atoms with Gasteiger partial charge < -0.3 is 21.1 Å². The third kappa shape index (κ3) is 5.62. The number of hydrogen-bond acceptors (Lipinski definition) is 4. The van der Waals surface area contributed by atoms with E-state index in [4.69, 9.17) is 10.5 Å². The number of carbonyl (C=O) groups excluding carboxylic acids is 3. The zero-order valence-electron chi connectivity index (χ0n) is 14.4. The molecule has 2 rings (SSSR count). The topological polar surface area (TPSA) is 111 Å². The fourth-order valence-electron chi connectivity index (χ4n) is 2.39. The summed E-state index contributed by atoms with van der Waals surface area (Å²) in [6.45, 7) is 0.284. The van der Waals surface area contributed by atoms with E-state index in [0.717, 1.165) is 11.1 Å². The standard InChI is InChI=1S/C19H21N3O4/c1-26-17(23)11-16(14-5-3-2-4-6-14)22-18(24)15-9-7-13(8-10-15)12-21-19(20)25/h2-10,16H,11-12H2,1H3,(H,22,24)(H3,20,21,25)/t16-/m1/s1. The quantitative estimate of drug-likeness (QED) is 0.659. The molecule has 0 saturated carbocycles. The summed E-state index contributed by atoms with van der Waals surface area (Å²) < 4.78 is 4.72. The average Bonchev–Trinajstić information content (AvgIpc) is 2.66. The number of carbonyl (C=O) groups is 3. The number of rotatable bonds is 7. The Bertz CT molecular complexity index is 760. The molecule has 0 aliphatic carbocycles. The van der Waals surface area contributed by atoms with Gasteiger partial charge in [-0.15, -0.1) is 0 Å². The van der Waals surface area contributed by atoms with Crippen LogP contribution in [0.2, 0.25) is 0 Å². The van der Waals surface area contributed by atoms with Gasteiger partial charge >= 0.3 is 12.0 Å². The number of esters is 1. The molecular weight excluding hydrogens is 334 g/mol. The lowest BCUT2D eigenvalue weighted by molar-refractivity contribution is -0.141. The number of nitrogens with two attached hydrogens (primary N) is 1. The number of ether oxygens (including phenoxy) is 1. The van der Waals surface area contributed by atoms with Crippen LogP contribution in [0, 0.1) is 0 Å². The van der Waals surface area contributed by atoms with Gasteiger partial charge in [0, 0.05) is 12.1 Å². The Labute approximate surface area is 151 Å². The maximum absolute atomic E-state index is 12.5. The molecule has 26 heavy (non-hydrogen) atoms. The molecule has 0 spiro atoms. The lowest BCUT2D eigenvalue weighted by Gasteiger charge is -2.18. The Morgan fingerprint density at radius 2 is 1.69 bits per heavy atom. The smallest absolute Gasteiger partial charge is 0.312 e. The highest BCUT2D eigenvalue weighted by Crippen LogP contribution is 2.18. The van der Waals surface area contributed by atoms with E-state index in [9.17, 15) is 14.4 Å². The van der Waals surface area contributed by atoms with E-state index in [1.54, 1.807) is 24.3 Å². The van der Waals surface area contributed by atoms with Gasteiger partial charge in [0.25, 0.3) is 5.91 Å². The third-order valence-electron chi connectivity index (χ3n) is 3.79. The van der Waals surface area contributed by atoms with Gasteiger partial charge in [0.15, 0.2) is 0 Å². The lowest BCUT2D eigenvalue weighted by atomic mass is 10.0. The molecule has 136 valence electrons. The van der Waals surface area contributed by atoms with E-state index in [2.05, 4.69) is 10.6 Å². The summed E-state index contributed by atoms with van der Waals surface area (Å²) in [5.74, 6) is -0.718. The molecule has 0 unspecified atom stereocenters. The lowest BCUT2D eigenvalue weighted by Crippen LogP contribution is -2.30. The predicted octanol–water partition coefficient (Wildman–Crippen LogP) is 1.89. The third-order valence-corrected chi connectivity index (χ3v) is 3.79. The maximum Gasteiger partial charge on any atom is 0.312 e. The van der Waals surface area contributed by atoms with Crippen molar-refractivity contribution in [2.75, 3.05) is 7.11 Å². The van der Waals surface area contributed by atoms with E-state index < -0.39 is 18.0 Å². The summed E-state index contributed by atoms with van der Waals surface area (Å²) in [4.78, 5) is 34.9. The fraction of sp³-hybridized carbons (Fsp3) is 0.211. The molecule has 1 atom stereocenters. The minimum atomic E-state index is -0.611. The van der Waals surface area contributed by atoms with Crippen LogP contribution in [-0.4, -0.2) is 25.0 Å². The van der Waals surface area contributed by atoms with E-state index >= 15 is 0 Å². The summed E-state index contributed by atoms with van der Waals surface area (Å²) in [5.41, 5.74) is 7.10. The van der Waals surface area contributed by atoms with Crippen LogP contribution < -0.4 is 16.4 Å². The normalized spacial score (nSPS) is 11.3. The molecular formula is C19H21N3O4. The first-order valence-corrected chi connectivity index (χ1v) is 8.04. The molecule has 7 heteroatoms. The summed E-state index contributed by atoms with van der Waals surface area (Å²) in [6, 6.07) is 14.9. The molecule has 0 radical (unpaired) electrons. The van der Waals surface area contributed by atoms with Gasteiger partial charge in [-0.25, -0.2) is 4.79 Å². The molecule has 2 aromatic carbocycles. The number of urea groups is 1. The minimum Gasteiger partial charge on any atom is -0.469 e. The van der Waals surface area contributed by atoms with Gasteiger partial charge in [0.05, 0.1) is 19.6 Å². The summed E-state index contributed by atoms with van der Waals surface area (Å²) in [6.07, 6.45) is 0.0346. The Morgan fingerprint density at radius 3 is 2.27 bits per heavy atom. The Hall–Kier alpha value is -3.35. The number of nitrogens with one attached hydrogen (secondary N) is 2. The van der Waals surface area contributed by atoms with E-state index in [-0.39, 0.29) is 18.9 Å². The molecule has 0 saturated heterocycles. The van der Waals surface area contributed by atoms with Crippen LogP contribution in [0.15, 0.2) is 54.6 Å². The molecule has 0 aromatic heterocycles. The van der Waals surface area contributed by atoms with Crippen molar-refractivity contribution >= 4 is 17.9 Å². The molecule has 7 nitrogen and oxygen atoms in total. The first-order valence-electron chi connectivity index (χ1n) is 8.04. The van der Waals surface area contributed by atoms with Crippen LogP contribution in [0.1, 0.15) is 33.9 Å². The molecule has 0 bridgehead atoms. The molecule has 4 N–H and O–H groups in total. The van der Waals surface area contributed by atoms with Crippen molar-refractivity contribution < 1.29 is 19.1 Å². The highest BCUT2D eigenvalue weighted by molar-refractivity contribution is 5.94. The highest BCUT2D eigenvalue weighted by Gasteiger charge is 2.19. The van der Waals surface area contributed by atoms with Crippen LogP contribution in [0.4, 0.5) is 4.79 Å². The average molecular weight is 355 g/mol. The second-order valence-corrected chi connectivity index (χ2v) is 5.63. The van der Waals surface area contributed by atoms with E-state index in [1.165, 1.54) is 7.11 Å². The highest BCUT2D eigenvalue weighted by atomic mass is 16.5. The fourth-order valence-corrected chi connectivity index (χ4v) is 2.39. The Morgan fingerprint density at radius 1 is 1.04 bits per heavy atom. The minimum absolute atomic E-state index is 0.0346. The van der Waals surface area contributed by atoms with Crippen LogP contribution in [0.5, 0.6) is 0 Å². The van der Waals surface area contributed by atoms with Crippen molar-refractivity contribution in [2.24, 2.45) is 5.73 Å². The second-order valence-electron chi connectivity index (χ2n) is 5.63. The SMILES string of the molecule is COC(=O)C[C@@H](NC(=O)c1ccc(CNC(N)=O)cc1)c1ccccc1. The summed E-state index contributed by atoms with van der Waals surface area (Å²) in [7, 11) is 1.31. The number of primary amides is 1. The zero-order valence-corrected chi connectivity index (χ0v) is 14.4. The largest absolute Gasteiger partial charge is 0.469 e. The van der Waals surface area contributed by atoms with Crippen molar-refractivity contribution in [1.29, 1.82) is 0 Å². The Kier molecular flexibility index (Phi) is 6.73. The van der Waals surface area contributed by atoms with E-state index in [0.29, 0.717) is 5.56 Å². The van der Waals surface area contributed by atoms with Gasteiger partial charge in [-0.05, 0) is 23.3 Å². The Balaban J connectivity index is 2.08. The first-order chi connectivity index (χ1) is 12.5. The number of hydrogen-bond donors (Lipinski definition) is 3. The van der Waals surface area contributed by atoms with Crippen LogP contribution >= 0.6 is 0 Å². The van der Waals surface area contributed by atoms with Crippen LogP contribution in [0.25, 0.3) is 0 Å². The summed E-state index contributed by atoms with van der Waals surface area (Å²) in [5, 5.41) is 5.33. The number of methoxy groups -OCH3 is 1. The van der Waals surface area contributed by atoms with Crippen molar-refractivity contribution in [1.82, 2.24) is 10.6 Å². The van der Waals surface area contributed by atoms with Crippen molar-refractivity contribution in [3.8, 4) is 0 Å². The van der Waals surface area contributed by atoms with Gasteiger partial charge in [0.1, 0.15) is 0 Å². The molecule has 0 heterocycles. The molecule has 0 aliphatic heterocycles. The molecule has 2 aromatic rings. The van der Waals surface area contributed by atoms with Crippen LogP contribution in [-0.2, 0) is 16.1 Å². The van der Waals surface area contributed by atoms with Crippen molar-refractivity contribution in [2.45, 2.75) is 19.0 Å². The van der Waals surface area contributed by atoms with Gasteiger partial charge in [-0.2, -0.15) is 0 Å². The molecule has 0 aliphatic rings. The zero-order chi connectivity index (χ0) is 18.9. The summed E-state index contributed by atoms with van der Waals surface area (Å²) >= 11 is 0. The first kappa shape index (κ1) is 19.0. The van der Waals surface area contributed by atoms with Crippen molar-refractivity contribution in [3.05, 3.63) is 71.3 Å². The molecule has 3 amide bonds. The molecule has 0 fully saturated rings. The number of amides is 3. The van der Waals surface area contributed by atoms with Crippen molar-refractivity contribution in [3.63, 3.8) is 0 Å². The van der Waals surface area contributed by atoms with Crippen LogP contribution in [0.3, 0.4) is 0 Å². The number of benzene rings is 2. The monoisotopic (exact) mass is 355 g/mol. The predicted molar refractivity (Wildman–Crippen MR) is 96.1 cm³/mol. The van der Waals surface area contributed by atoms with Gasteiger partial charge in [-0.1, -0.05) is 42.5 Å². The second kappa shape index (κ2) is 9.22. The van der Waals surface area contributed by atoms with E-state index in [1.807, 2.05) is 30.3 Å².